The van der Waals surface area contributed by atoms with Crippen molar-refractivity contribution in [2.24, 2.45) is 0 Å². The summed E-state index contributed by atoms with van der Waals surface area (Å²) in [5.41, 5.74) is 0. The summed E-state index contributed by atoms with van der Waals surface area (Å²) in [6.07, 6.45) is 4.24. The maximum Gasteiger partial charge on any atom is 0.209 e. The van der Waals surface area contributed by atoms with Gasteiger partial charge in [-0.1, -0.05) is 47.8 Å². The maximum atomic E-state index is 4.10. The molecule has 4 rings (SSSR count). The summed E-state index contributed by atoms with van der Waals surface area (Å²) in [6, 6.07) is 8.25. The molecule has 0 unspecified atom stereocenters. The zero-order chi connectivity index (χ0) is 19.0. The topological polar surface area (TPSA) is 87.2 Å². The van der Waals surface area contributed by atoms with Crippen LogP contribution >= 0.6 is 46.2 Å². The minimum absolute atomic E-state index is 0.708. The lowest BCUT2D eigenvalue weighted by Gasteiger charge is -2.01. The first-order chi connectivity index (χ1) is 13.9. The predicted octanol–water partition coefficient (Wildman–Crippen LogP) is 3.32. The zero-order valence-corrected chi connectivity index (χ0v) is 17.9. The van der Waals surface area contributed by atoms with Gasteiger partial charge in [0.2, 0.25) is 10.3 Å². The van der Waals surface area contributed by atoms with E-state index in [-0.39, 0.29) is 0 Å². The lowest BCUT2D eigenvalue weighted by atomic mass is 10.5. The number of aromatic nitrogens is 8. The highest BCUT2D eigenvalue weighted by molar-refractivity contribution is 7.99. The monoisotopic (exact) mass is 448 g/mol. The fourth-order valence-electron chi connectivity index (χ4n) is 2.28. The molecule has 0 saturated carbocycles. The Labute approximate surface area is 178 Å². The molecule has 0 radical (unpaired) electrons. The van der Waals surface area contributed by atoms with Gasteiger partial charge in [-0.3, -0.25) is 0 Å². The fourth-order valence-corrected chi connectivity index (χ4v) is 5.10. The van der Waals surface area contributed by atoms with Gasteiger partial charge in [-0.05, 0) is 43.7 Å². The molecule has 0 spiro atoms. The molecule has 0 saturated heterocycles. The van der Waals surface area contributed by atoms with Crippen LogP contribution in [-0.4, -0.2) is 51.9 Å². The molecule has 0 aliphatic carbocycles. The molecule has 0 bridgehead atoms. The van der Waals surface area contributed by atoms with Gasteiger partial charge in [0.05, 0.1) is 13.1 Å². The first-order valence-corrected chi connectivity index (χ1v) is 12.1. The Kier molecular flexibility index (Phi) is 6.87. The minimum atomic E-state index is 0.708. The van der Waals surface area contributed by atoms with E-state index in [1.807, 2.05) is 21.5 Å². The summed E-state index contributed by atoms with van der Waals surface area (Å²) in [7, 11) is 0. The molecule has 0 amide bonds. The SMILES string of the molecule is C(=C\CSc1nnnn1Cc1cccs1)/CSc1nnnn1Cc1cccs1. The van der Waals surface area contributed by atoms with Gasteiger partial charge in [-0.25, -0.2) is 9.36 Å². The number of rotatable bonds is 10. The Morgan fingerprint density at radius 3 is 1.71 bits per heavy atom. The van der Waals surface area contributed by atoms with Gasteiger partial charge in [0.25, 0.3) is 0 Å². The van der Waals surface area contributed by atoms with E-state index in [2.05, 4.69) is 66.1 Å². The number of thiophene rings is 2. The van der Waals surface area contributed by atoms with Crippen molar-refractivity contribution >= 4 is 46.2 Å². The first-order valence-electron chi connectivity index (χ1n) is 8.36. The van der Waals surface area contributed by atoms with Crippen LogP contribution in [0.15, 0.2) is 57.5 Å². The molecule has 144 valence electrons. The van der Waals surface area contributed by atoms with E-state index in [1.54, 1.807) is 46.2 Å². The fraction of sp³-hybridized carbons (Fsp3) is 0.250. The van der Waals surface area contributed by atoms with Gasteiger partial charge in [0.15, 0.2) is 0 Å². The van der Waals surface area contributed by atoms with E-state index in [9.17, 15) is 0 Å². The molecule has 28 heavy (non-hydrogen) atoms. The van der Waals surface area contributed by atoms with Crippen LogP contribution in [0.25, 0.3) is 0 Å². The van der Waals surface area contributed by atoms with E-state index in [0.29, 0.717) is 13.1 Å². The van der Waals surface area contributed by atoms with Crippen LogP contribution in [0.4, 0.5) is 0 Å². The standard InChI is InChI=1S/C16H16N8S4/c1(7-27-15-17-19-21-23(15)11-13-5-3-9-25-13)2-8-28-16-18-20-22-24(16)12-14-6-4-10-26-14/h1-6,9-10H,7-8,11-12H2/b2-1+. The van der Waals surface area contributed by atoms with Crippen molar-refractivity contribution in [3.05, 3.63) is 56.9 Å². The van der Waals surface area contributed by atoms with E-state index in [0.717, 1.165) is 21.8 Å². The second-order valence-corrected chi connectivity index (χ2v) is 9.53. The van der Waals surface area contributed by atoms with Gasteiger partial charge in [-0.2, -0.15) is 0 Å². The highest BCUT2D eigenvalue weighted by Crippen LogP contribution is 2.19. The van der Waals surface area contributed by atoms with E-state index >= 15 is 0 Å². The third-order valence-corrected chi connectivity index (χ3v) is 7.10. The molecule has 4 aromatic rings. The van der Waals surface area contributed by atoms with Gasteiger partial charge in [0.1, 0.15) is 0 Å². The number of tetrazole rings is 2. The first kappa shape index (κ1) is 19.3. The van der Waals surface area contributed by atoms with Crippen molar-refractivity contribution in [3.63, 3.8) is 0 Å². The van der Waals surface area contributed by atoms with Crippen molar-refractivity contribution in [2.45, 2.75) is 23.4 Å². The Bertz CT molecular complexity index is 909. The number of nitrogens with zero attached hydrogens (tertiary/aromatic N) is 8. The Morgan fingerprint density at radius 1 is 0.786 bits per heavy atom. The second-order valence-electron chi connectivity index (χ2n) is 5.49. The Morgan fingerprint density at radius 2 is 1.29 bits per heavy atom. The van der Waals surface area contributed by atoms with Crippen molar-refractivity contribution in [2.75, 3.05) is 11.5 Å². The van der Waals surface area contributed by atoms with Crippen LogP contribution in [0.3, 0.4) is 0 Å². The number of thioether (sulfide) groups is 2. The van der Waals surface area contributed by atoms with Crippen molar-refractivity contribution < 1.29 is 0 Å². The lowest BCUT2D eigenvalue weighted by Crippen LogP contribution is -2.02. The molecule has 0 aliphatic rings. The lowest BCUT2D eigenvalue weighted by molar-refractivity contribution is 0.608. The van der Waals surface area contributed by atoms with Crippen LogP contribution in [0, 0.1) is 0 Å². The molecule has 4 heterocycles. The van der Waals surface area contributed by atoms with Crippen LogP contribution in [0.2, 0.25) is 0 Å². The summed E-state index contributed by atoms with van der Waals surface area (Å²) in [4.78, 5) is 2.47. The summed E-state index contributed by atoms with van der Waals surface area (Å²) in [6.45, 7) is 1.42. The summed E-state index contributed by atoms with van der Waals surface area (Å²) >= 11 is 6.65. The average molecular weight is 449 g/mol. The third kappa shape index (κ3) is 5.28. The molecular weight excluding hydrogens is 433 g/mol. The molecule has 0 N–H and O–H groups in total. The third-order valence-electron chi connectivity index (χ3n) is 3.55. The maximum absolute atomic E-state index is 4.10. The second kappa shape index (κ2) is 9.96. The highest BCUT2D eigenvalue weighted by atomic mass is 32.2. The van der Waals surface area contributed by atoms with Crippen molar-refractivity contribution in [3.8, 4) is 0 Å². The normalized spacial score (nSPS) is 11.6. The molecular formula is C16H16N8S4. The Hall–Kier alpha value is -2.02. The zero-order valence-electron chi connectivity index (χ0n) is 14.7. The Balaban J connectivity index is 1.22. The van der Waals surface area contributed by atoms with Gasteiger partial charge in [-0.15, -0.1) is 32.9 Å². The molecule has 12 heteroatoms. The van der Waals surface area contributed by atoms with Crippen molar-refractivity contribution in [1.82, 2.24) is 40.4 Å². The number of hydrogen-bond acceptors (Lipinski definition) is 10. The molecule has 4 aromatic heterocycles. The largest absolute Gasteiger partial charge is 0.215 e. The smallest absolute Gasteiger partial charge is 0.209 e. The summed E-state index contributed by atoms with van der Waals surface area (Å²) in [5.74, 6) is 1.62. The number of hydrogen-bond donors (Lipinski definition) is 0. The summed E-state index contributed by atoms with van der Waals surface area (Å²) < 4.78 is 3.66. The average Bonchev–Trinajstić information content (AvgIpc) is 3.49. The molecule has 0 atom stereocenters. The van der Waals surface area contributed by atoms with Crippen LogP contribution < -0.4 is 0 Å². The molecule has 0 fully saturated rings. The van der Waals surface area contributed by atoms with Crippen molar-refractivity contribution in [1.29, 1.82) is 0 Å². The highest BCUT2D eigenvalue weighted by Gasteiger charge is 2.08. The molecule has 0 aromatic carbocycles. The van der Waals surface area contributed by atoms with E-state index in [4.69, 9.17) is 0 Å². The molecule has 0 aliphatic heterocycles. The van der Waals surface area contributed by atoms with E-state index < -0.39 is 0 Å². The quantitative estimate of drug-likeness (QED) is 0.270. The predicted molar refractivity (Wildman–Crippen MR) is 113 cm³/mol. The van der Waals surface area contributed by atoms with Gasteiger partial charge < -0.3 is 0 Å². The minimum Gasteiger partial charge on any atom is -0.215 e. The van der Waals surface area contributed by atoms with Crippen LogP contribution in [0.1, 0.15) is 9.75 Å². The van der Waals surface area contributed by atoms with Gasteiger partial charge >= 0.3 is 0 Å². The van der Waals surface area contributed by atoms with Gasteiger partial charge in [0, 0.05) is 21.3 Å². The summed E-state index contributed by atoms with van der Waals surface area (Å²) in [5, 5.41) is 29.7. The van der Waals surface area contributed by atoms with Crippen LogP contribution in [0.5, 0.6) is 0 Å². The molecule has 8 nitrogen and oxygen atoms in total. The van der Waals surface area contributed by atoms with E-state index in [1.165, 1.54) is 9.75 Å². The van der Waals surface area contributed by atoms with Crippen LogP contribution in [-0.2, 0) is 13.1 Å².